The number of halogens is 1. The van der Waals surface area contributed by atoms with Gasteiger partial charge in [0.1, 0.15) is 5.82 Å². The van der Waals surface area contributed by atoms with E-state index in [4.69, 9.17) is 9.47 Å². The van der Waals surface area contributed by atoms with Crippen LogP contribution in [0.25, 0.3) is 0 Å². The number of benzene rings is 2. The summed E-state index contributed by atoms with van der Waals surface area (Å²) in [6, 6.07) is 12.8. The summed E-state index contributed by atoms with van der Waals surface area (Å²) in [5, 5.41) is 3.40. The molecule has 0 aliphatic carbocycles. The number of rotatable bonds is 5. The SMILES string of the molecule is CN=C(NCc1ccc(OC)c(OC)c1)N1CCN(c2ccccc2F)CC1. The van der Waals surface area contributed by atoms with Crippen LogP contribution in [0, 0.1) is 5.82 Å². The average Bonchev–Trinajstić information content (AvgIpc) is 2.75. The van der Waals surface area contributed by atoms with Crippen molar-refractivity contribution in [3.63, 3.8) is 0 Å². The molecule has 1 N–H and O–H groups in total. The number of ether oxygens (including phenoxy) is 2. The maximum absolute atomic E-state index is 14.0. The second kappa shape index (κ2) is 9.30. The van der Waals surface area contributed by atoms with Gasteiger partial charge in [-0.05, 0) is 29.8 Å². The summed E-state index contributed by atoms with van der Waals surface area (Å²) < 4.78 is 24.6. The predicted molar refractivity (Wildman–Crippen MR) is 110 cm³/mol. The maximum Gasteiger partial charge on any atom is 0.194 e. The topological polar surface area (TPSA) is 49.3 Å². The van der Waals surface area contributed by atoms with Gasteiger partial charge in [0, 0.05) is 39.8 Å². The van der Waals surface area contributed by atoms with Gasteiger partial charge in [0.15, 0.2) is 17.5 Å². The predicted octanol–water partition coefficient (Wildman–Crippen LogP) is 2.74. The van der Waals surface area contributed by atoms with E-state index in [0.29, 0.717) is 23.7 Å². The Hall–Kier alpha value is -2.96. The first-order chi connectivity index (χ1) is 13.7. The first-order valence-electron chi connectivity index (χ1n) is 9.32. The van der Waals surface area contributed by atoms with Crippen LogP contribution in [0.4, 0.5) is 10.1 Å². The number of guanidine groups is 1. The Morgan fingerprint density at radius 3 is 2.39 bits per heavy atom. The van der Waals surface area contributed by atoms with Crippen molar-refractivity contribution < 1.29 is 13.9 Å². The van der Waals surface area contributed by atoms with Crippen LogP contribution < -0.4 is 19.7 Å². The molecule has 0 radical (unpaired) electrons. The minimum atomic E-state index is -0.174. The fourth-order valence-electron chi connectivity index (χ4n) is 3.37. The standard InChI is InChI=1S/C21H27FN4O2/c1-23-21(24-15-16-8-9-19(27-2)20(14-16)28-3)26-12-10-25(11-13-26)18-7-5-4-6-17(18)22/h4-9,14H,10-13,15H2,1-3H3,(H,23,24). The number of anilines is 1. The van der Waals surface area contributed by atoms with E-state index in [1.54, 1.807) is 27.3 Å². The Morgan fingerprint density at radius 1 is 1.04 bits per heavy atom. The summed E-state index contributed by atoms with van der Waals surface area (Å²) in [4.78, 5) is 8.67. The molecule has 1 heterocycles. The molecule has 1 aliphatic heterocycles. The van der Waals surface area contributed by atoms with Crippen molar-refractivity contribution in [3.8, 4) is 11.5 Å². The second-order valence-corrected chi connectivity index (χ2v) is 6.52. The summed E-state index contributed by atoms with van der Waals surface area (Å²) >= 11 is 0. The Bertz CT molecular complexity index is 820. The van der Waals surface area contributed by atoms with Gasteiger partial charge in [-0.3, -0.25) is 4.99 Å². The van der Waals surface area contributed by atoms with Gasteiger partial charge in [-0.25, -0.2) is 4.39 Å². The van der Waals surface area contributed by atoms with Crippen LogP contribution in [0.5, 0.6) is 11.5 Å². The van der Waals surface area contributed by atoms with Crippen molar-refractivity contribution in [1.82, 2.24) is 10.2 Å². The van der Waals surface area contributed by atoms with Gasteiger partial charge in [-0.2, -0.15) is 0 Å². The van der Waals surface area contributed by atoms with Gasteiger partial charge >= 0.3 is 0 Å². The van der Waals surface area contributed by atoms with Crippen molar-refractivity contribution in [2.24, 2.45) is 4.99 Å². The number of hydrogen-bond acceptors (Lipinski definition) is 4. The summed E-state index contributed by atoms with van der Waals surface area (Å²) in [6.45, 7) is 3.68. The highest BCUT2D eigenvalue weighted by Crippen LogP contribution is 2.27. The van der Waals surface area contributed by atoms with E-state index in [2.05, 4.69) is 20.1 Å². The molecule has 1 fully saturated rings. The van der Waals surface area contributed by atoms with Gasteiger partial charge in [0.25, 0.3) is 0 Å². The van der Waals surface area contributed by atoms with Crippen molar-refractivity contribution in [3.05, 3.63) is 53.8 Å². The van der Waals surface area contributed by atoms with Gasteiger partial charge in [-0.1, -0.05) is 18.2 Å². The zero-order valence-corrected chi connectivity index (χ0v) is 16.6. The monoisotopic (exact) mass is 386 g/mol. The fourth-order valence-corrected chi connectivity index (χ4v) is 3.37. The quantitative estimate of drug-likeness (QED) is 0.633. The van der Waals surface area contributed by atoms with E-state index in [0.717, 1.165) is 37.7 Å². The molecule has 0 saturated carbocycles. The molecular weight excluding hydrogens is 359 g/mol. The van der Waals surface area contributed by atoms with Crippen LogP contribution in [0.2, 0.25) is 0 Å². The minimum absolute atomic E-state index is 0.174. The number of aliphatic imine (C=N–C) groups is 1. The third-order valence-electron chi connectivity index (χ3n) is 4.88. The lowest BCUT2D eigenvalue weighted by Crippen LogP contribution is -2.52. The van der Waals surface area contributed by atoms with Crippen LogP contribution in [0.15, 0.2) is 47.5 Å². The molecule has 0 amide bonds. The van der Waals surface area contributed by atoms with Gasteiger partial charge in [0.05, 0.1) is 19.9 Å². The van der Waals surface area contributed by atoms with Crippen molar-refractivity contribution >= 4 is 11.6 Å². The van der Waals surface area contributed by atoms with Crippen molar-refractivity contribution in [2.75, 3.05) is 52.3 Å². The molecule has 150 valence electrons. The van der Waals surface area contributed by atoms with Gasteiger partial charge in [-0.15, -0.1) is 0 Å². The highest BCUT2D eigenvalue weighted by molar-refractivity contribution is 5.80. The van der Waals surface area contributed by atoms with E-state index in [9.17, 15) is 4.39 Å². The van der Waals surface area contributed by atoms with Gasteiger partial charge in [0.2, 0.25) is 0 Å². The fraction of sp³-hybridized carbons (Fsp3) is 0.381. The Morgan fingerprint density at radius 2 is 1.75 bits per heavy atom. The molecule has 3 rings (SSSR count). The summed E-state index contributed by atoms with van der Waals surface area (Å²) in [6.07, 6.45) is 0. The molecule has 2 aromatic carbocycles. The Kier molecular flexibility index (Phi) is 6.57. The molecule has 2 aromatic rings. The maximum atomic E-state index is 14.0. The Balaban J connectivity index is 1.57. The number of hydrogen-bond donors (Lipinski definition) is 1. The van der Waals surface area contributed by atoms with E-state index < -0.39 is 0 Å². The largest absolute Gasteiger partial charge is 0.493 e. The number of nitrogens with zero attached hydrogens (tertiary/aromatic N) is 3. The van der Waals surface area contributed by atoms with Gasteiger partial charge < -0.3 is 24.6 Å². The van der Waals surface area contributed by atoms with Crippen LogP contribution >= 0.6 is 0 Å². The summed E-state index contributed by atoms with van der Waals surface area (Å²) in [7, 11) is 5.03. The second-order valence-electron chi connectivity index (χ2n) is 6.52. The minimum Gasteiger partial charge on any atom is -0.493 e. The summed E-state index contributed by atoms with van der Waals surface area (Å²) in [5.41, 5.74) is 1.74. The molecule has 0 aromatic heterocycles. The third kappa shape index (κ3) is 4.47. The molecule has 1 saturated heterocycles. The molecule has 6 nitrogen and oxygen atoms in total. The molecule has 0 unspecified atom stereocenters. The summed E-state index contributed by atoms with van der Waals surface area (Å²) in [5.74, 6) is 2.07. The van der Waals surface area contributed by atoms with Crippen LogP contribution in [0.1, 0.15) is 5.56 Å². The lowest BCUT2D eigenvalue weighted by molar-refractivity contribution is 0.354. The smallest absolute Gasteiger partial charge is 0.194 e. The van der Waals surface area contributed by atoms with E-state index in [-0.39, 0.29) is 5.82 Å². The normalized spacial score (nSPS) is 14.8. The molecule has 0 spiro atoms. The van der Waals surface area contributed by atoms with Crippen LogP contribution in [0.3, 0.4) is 0 Å². The molecule has 28 heavy (non-hydrogen) atoms. The Labute approximate surface area is 165 Å². The average molecular weight is 386 g/mol. The van der Waals surface area contributed by atoms with E-state index >= 15 is 0 Å². The first-order valence-corrected chi connectivity index (χ1v) is 9.32. The highest BCUT2D eigenvalue weighted by Gasteiger charge is 2.21. The highest BCUT2D eigenvalue weighted by atomic mass is 19.1. The van der Waals surface area contributed by atoms with E-state index in [1.165, 1.54) is 6.07 Å². The van der Waals surface area contributed by atoms with Crippen LogP contribution in [-0.2, 0) is 6.54 Å². The number of nitrogens with one attached hydrogen (secondary N) is 1. The zero-order valence-electron chi connectivity index (χ0n) is 16.6. The lowest BCUT2D eigenvalue weighted by Gasteiger charge is -2.37. The molecule has 0 bridgehead atoms. The van der Waals surface area contributed by atoms with Crippen LogP contribution in [-0.4, -0.2) is 58.3 Å². The lowest BCUT2D eigenvalue weighted by atomic mass is 10.2. The van der Waals surface area contributed by atoms with Crippen molar-refractivity contribution in [1.29, 1.82) is 0 Å². The number of piperazine rings is 1. The number of para-hydroxylation sites is 1. The van der Waals surface area contributed by atoms with E-state index in [1.807, 2.05) is 30.3 Å². The third-order valence-corrected chi connectivity index (χ3v) is 4.88. The number of methoxy groups -OCH3 is 2. The molecule has 7 heteroatoms. The first kappa shape index (κ1) is 19.8. The van der Waals surface area contributed by atoms with Crippen molar-refractivity contribution in [2.45, 2.75) is 6.54 Å². The zero-order chi connectivity index (χ0) is 19.9. The molecule has 1 aliphatic rings. The molecule has 0 atom stereocenters. The molecular formula is C21H27FN4O2.